The van der Waals surface area contributed by atoms with Gasteiger partial charge in [-0.2, -0.15) is 0 Å². The van der Waals surface area contributed by atoms with Crippen LogP contribution in [0.15, 0.2) is 58.7 Å². The van der Waals surface area contributed by atoms with Gasteiger partial charge in [-0.3, -0.25) is 0 Å². The van der Waals surface area contributed by atoms with Crippen molar-refractivity contribution in [3.8, 4) is 0 Å². The van der Waals surface area contributed by atoms with Gasteiger partial charge in [-0.15, -0.1) is 0 Å². The maximum absolute atomic E-state index is 14.0. The minimum Gasteiger partial charge on any atom is -0.463 e. The molecule has 1 N–H and O–H groups in total. The van der Waals surface area contributed by atoms with E-state index in [1.54, 1.807) is 42.3 Å². The molecule has 0 saturated carbocycles. The summed E-state index contributed by atoms with van der Waals surface area (Å²) >= 11 is 0. The molecule has 102 heavy (non-hydrogen) atoms. The first kappa shape index (κ1) is 92.1. The molecule has 0 unspecified atom stereocenters. The number of carbonyl (C=O) groups is 2. The minimum atomic E-state index is -2.53. The molecule has 23 heteroatoms. The van der Waals surface area contributed by atoms with E-state index in [4.69, 9.17) is 74.5 Å². The Kier molecular flexibility index (Phi) is 34.7. The van der Waals surface area contributed by atoms with Gasteiger partial charge in [-0.25, -0.2) is 9.59 Å². The lowest BCUT2D eigenvalue weighted by atomic mass is 9.76. The second-order valence-electron chi connectivity index (χ2n) is 34.8. The van der Waals surface area contributed by atoms with Gasteiger partial charge in [0.25, 0.3) is 0 Å². The summed E-state index contributed by atoms with van der Waals surface area (Å²) in [5.74, 6) is -2.82. The normalized spacial score (nSPS) is 31.2. The second-order valence-corrected chi connectivity index (χ2v) is 53.7. The SMILES string of the molecule is CCOC(=O)/C(C)=C/C(C)=C/C(C)=C/[C@@H](C)[C@H](O)/C=C/C(C)=C/CC[C@H](O[Si](C)(C)C(C)(C)C)[C@H](C[C@@H]1OC(=O)O[C@H]1[C@]1(OC)O[C@H](C[C@H](COC)O[C@H]2C[C@](C)(O[Si](CC)(CC)CC)[C@@H](O[C@H]3C[C@@H](OC)[C@H](O[Si](C)(C)C(C)(C)C)[C@@H](C)O3)[C@H](C)O2)[C@H](C)[C@H](O[Si](C)(C)C(C)(C)C)[C@H]1C)OC. The lowest BCUT2D eigenvalue weighted by Crippen LogP contribution is -2.67. The summed E-state index contributed by atoms with van der Waals surface area (Å²) in [6, 6.07) is 2.80. The molecule has 4 saturated heterocycles. The highest BCUT2D eigenvalue weighted by molar-refractivity contribution is 6.75. The number of carbonyl (C=O) groups excluding carboxylic acids is 2. The van der Waals surface area contributed by atoms with Gasteiger partial charge in [0.05, 0.1) is 79.9 Å². The number of ether oxygens (including phenoxy) is 12. The Morgan fingerprint density at radius 2 is 1.30 bits per heavy atom. The Morgan fingerprint density at radius 3 is 1.83 bits per heavy atom. The summed E-state index contributed by atoms with van der Waals surface area (Å²) in [5, 5.41) is 11.0. The molecule has 4 rings (SSSR count). The number of hydrogen-bond donors (Lipinski definition) is 1. The summed E-state index contributed by atoms with van der Waals surface area (Å²) in [6.45, 7) is 62.8. The molecule has 0 aromatic rings. The summed E-state index contributed by atoms with van der Waals surface area (Å²) < 4.78 is 109. The molecule has 0 aromatic carbocycles. The molecule has 0 aromatic heterocycles. The van der Waals surface area contributed by atoms with Crippen LogP contribution in [-0.2, 0) is 79.3 Å². The molecule has 592 valence electrons. The number of rotatable bonds is 37. The van der Waals surface area contributed by atoms with Crippen LogP contribution < -0.4 is 0 Å². The maximum atomic E-state index is 14.0. The standard InChI is InChI=1S/C79H146O19Si4/c1-34-87-73(81)55(9)45-53(7)43-52(6)44-54(8)61(80)42-41-51(5)39-38-40-62(95-99(28,29)75(14,15)16)64(84-25)47-66-72(93-74(82)91-66)79(86-27)57(11)69(96-100(30,31)76(17,18)19)56(10)63(94-79)46-60(50-83-24)90-68-49-78(23,98-102(35-2,36-3)37-4)71(59(13)89-68)92-67-48-65(85-26)70(58(12)88-67)97-101(32,33)77(20,21)22/h39,41-45,54,56-72,80H,34-38,40,46-50H2,1-33H3/b42-41+,51-39+,52-44+,53-43+,55-45+/t54-,56+,57-,58-,59+,60-,61-,62+,63-,64+,65-,66+,67+,68+,69+,70-,71+,72-,78+,79-/m1/s1. The van der Waals surface area contributed by atoms with Gasteiger partial charge in [0.15, 0.2) is 58.1 Å². The predicted molar refractivity (Wildman–Crippen MR) is 417 cm³/mol. The summed E-state index contributed by atoms with van der Waals surface area (Å²) in [4.78, 5) is 26.2. The van der Waals surface area contributed by atoms with E-state index < -0.39 is 130 Å². The van der Waals surface area contributed by atoms with Crippen LogP contribution in [0.4, 0.5) is 4.79 Å². The molecule has 19 nitrogen and oxygen atoms in total. The van der Waals surface area contributed by atoms with Crippen molar-refractivity contribution in [1.29, 1.82) is 0 Å². The summed E-state index contributed by atoms with van der Waals surface area (Å²) in [7, 11) is -2.77. The third kappa shape index (κ3) is 24.1. The molecule has 20 atom stereocenters. The first-order valence-electron chi connectivity index (χ1n) is 38.3. The molecule has 0 spiro atoms. The zero-order valence-corrected chi connectivity index (χ0v) is 73.9. The fourth-order valence-electron chi connectivity index (χ4n) is 14.2. The van der Waals surface area contributed by atoms with Crippen LogP contribution in [0.3, 0.4) is 0 Å². The Bertz CT molecular complexity index is 2770. The molecule has 4 aliphatic rings. The lowest BCUT2D eigenvalue weighted by Gasteiger charge is -2.55. The number of hydrogen-bond acceptors (Lipinski definition) is 19. The number of cyclic esters (lactones) is 2. The summed E-state index contributed by atoms with van der Waals surface area (Å²) in [6.07, 6.45) is 5.05. The van der Waals surface area contributed by atoms with E-state index in [9.17, 15) is 14.7 Å². The van der Waals surface area contributed by atoms with Crippen LogP contribution in [0.1, 0.15) is 198 Å². The number of methoxy groups -OCH3 is 4. The average molecular weight is 1510 g/mol. The van der Waals surface area contributed by atoms with Crippen LogP contribution >= 0.6 is 0 Å². The van der Waals surface area contributed by atoms with Gasteiger partial charge in [-0.1, -0.05) is 151 Å². The fraction of sp³-hybridized carbons (Fsp3) is 0.848. The Hall–Kier alpha value is -2.25. The Morgan fingerprint density at radius 1 is 0.725 bits per heavy atom. The molecule has 0 bridgehead atoms. The van der Waals surface area contributed by atoms with Crippen LogP contribution in [-0.4, -0.2) is 195 Å². The van der Waals surface area contributed by atoms with Crippen LogP contribution in [0, 0.1) is 17.8 Å². The van der Waals surface area contributed by atoms with Gasteiger partial charge in [-0.05, 0) is 147 Å². The molecular weight excluding hydrogens is 1370 g/mol. The third-order valence-corrected chi connectivity index (χ3v) is 42.0. The highest BCUT2D eigenvalue weighted by Crippen LogP contribution is 2.51. The van der Waals surface area contributed by atoms with Gasteiger partial charge in [0.1, 0.15) is 6.10 Å². The minimum absolute atomic E-state index is 0.00450. The van der Waals surface area contributed by atoms with Crippen molar-refractivity contribution in [3.63, 3.8) is 0 Å². The lowest BCUT2D eigenvalue weighted by molar-refractivity contribution is -0.363. The largest absolute Gasteiger partial charge is 0.509 e. The average Bonchev–Trinajstić information content (AvgIpc) is 1.30. The molecule has 0 amide bonds. The highest BCUT2D eigenvalue weighted by atomic mass is 28.4. The second kappa shape index (κ2) is 38.4. The van der Waals surface area contributed by atoms with Gasteiger partial charge >= 0.3 is 12.1 Å². The first-order valence-corrected chi connectivity index (χ1v) is 49.5. The monoisotopic (exact) mass is 1510 g/mol. The van der Waals surface area contributed by atoms with Crippen molar-refractivity contribution in [2.24, 2.45) is 17.8 Å². The van der Waals surface area contributed by atoms with Crippen molar-refractivity contribution in [2.75, 3.05) is 41.7 Å². The van der Waals surface area contributed by atoms with E-state index in [0.717, 1.165) is 34.9 Å². The number of esters is 1. The fourth-order valence-corrected chi connectivity index (χ4v) is 21.5. The number of aliphatic hydroxyl groups is 1. The first-order chi connectivity index (χ1) is 47.0. The highest BCUT2D eigenvalue weighted by Gasteiger charge is 2.64. The zero-order chi connectivity index (χ0) is 77.7. The van der Waals surface area contributed by atoms with Gasteiger partial charge in [0.2, 0.25) is 5.79 Å². The third-order valence-electron chi connectivity index (χ3n) is 23.8. The molecule has 0 aliphatic carbocycles. The van der Waals surface area contributed by atoms with Crippen molar-refractivity contribution < 1.29 is 89.2 Å². The topological polar surface area (TPSA) is 202 Å². The maximum Gasteiger partial charge on any atom is 0.509 e. The van der Waals surface area contributed by atoms with E-state index in [1.165, 1.54) is 0 Å². The van der Waals surface area contributed by atoms with E-state index in [1.807, 2.05) is 65.0 Å². The molecule has 4 fully saturated rings. The van der Waals surface area contributed by atoms with Gasteiger partial charge in [0, 0.05) is 77.4 Å². The van der Waals surface area contributed by atoms with Crippen LogP contribution in [0.25, 0.3) is 0 Å². The van der Waals surface area contributed by atoms with Crippen molar-refractivity contribution in [2.45, 2.75) is 374 Å². The van der Waals surface area contributed by atoms with E-state index in [-0.39, 0.29) is 64.3 Å². The molecule has 4 aliphatic heterocycles. The Balaban J connectivity index is 1.72. The van der Waals surface area contributed by atoms with Crippen molar-refractivity contribution in [3.05, 3.63) is 58.7 Å². The smallest absolute Gasteiger partial charge is 0.463 e. The van der Waals surface area contributed by atoms with E-state index >= 15 is 0 Å². The molecule has 0 radical (unpaired) electrons. The van der Waals surface area contributed by atoms with Crippen molar-refractivity contribution in [1.82, 2.24) is 0 Å². The molecule has 4 heterocycles. The van der Waals surface area contributed by atoms with Crippen LogP contribution in [0.2, 0.25) is 72.5 Å². The van der Waals surface area contributed by atoms with Crippen LogP contribution in [0.5, 0.6) is 0 Å². The quantitative estimate of drug-likeness (QED) is 0.0266. The Labute approximate surface area is 623 Å². The summed E-state index contributed by atoms with van der Waals surface area (Å²) in [5.41, 5.74) is 2.53. The van der Waals surface area contributed by atoms with Crippen molar-refractivity contribution >= 4 is 45.4 Å². The number of allylic oxidation sites excluding steroid dienone is 7. The van der Waals surface area contributed by atoms with E-state index in [0.29, 0.717) is 44.3 Å². The van der Waals surface area contributed by atoms with E-state index in [2.05, 4.69) is 156 Å². The van der Waals surface area contributed by atoms with Gasteiger partial charge < -0.3 is 79.7 Å². The zero-order valence-electron chi connectivity index (χ0n) is 69.9. The number of aliphatic hydroxyl groups excluding tert-OH is 1. The predicted octanol–water partition coefficient (Wildman–Crippen LogP) is 18.0. The molecular formula is C79H146O19Si4.